The second-order valence-electron chi connectivity index (χ2n) is 2.83. The van der Waals surface area contributed by atoms with Crippen molar-refractivity contribution < 1.29 is 15.6 Å². The highest BCUT2D eigenvalue weighted by atomic mass is 16.8. The van der Waals surface area contributed by atoms with E-state index in [1.165, 1.54) is 0 Å². The molecule has 16 heavy (non-hydrogen) atoms. The van der Waals surface area contributed by atoms with Crippen molar-refractivity contribution in [3.63, 3.8) is 0 Å². The summed E-state index contributed by atoms with van der Waals surface area (Å²) in [6, 6.07) is 0. The molecule has 0 unspecified atom stereocenters. The summed E-state index contributed by atoms with van der Waals surface area (Å²) in [5, 5.41) is 26.1. The minimum atomic E-state index is -0.381. The smallest absolute Gasteiger partial charge is 0.284 e. The second-order valence-corrected chi connectivity index (χ2v) is 2.83. The zero-order chi connectivity index (χ0) is 12.1. The average Bonchev–Trinajstić information content (AvgIpc) is 2.30. The van der Waals surface area contributed by atoms with Crippen molar-refractivity contribution in [3.05, 3.63) is 0 Å². The molecule has 0 aromatic carbocycles. The van der Waals surface area contributed by atoms with Crippen molar-refractivity contribution >= 4 is 17.8 Å². The highest BCUT2D eigenvalue weighted by Crippen LogP contribution is 2.14. The minimum absolute atomic E-state index is 0.167. The van der Waals surface area contributed by atoms with Gasteiger partial charge in [0.2, 0.25) is 5.95 Å². The Kier molecular flexibility index (Phi) is 4.17. The van der Waals surface area contributed by atoms with Crippen LogP contribution < -0.4 is 15.6 Å². The second kappa shape index (κ2) is 5.39. The lowest BCUT2D eigenvalue weighted by Crippen LogP contribution is -2.26. The standard InChI is InChI=1S/C7H14N6O3/c1-3-12(4-2)6-8-5(11-14)9-7(10-6)13(15)16/h14-16H,3-4H2,1-2H3,(H,8,9,10,11). The first-order valence-corrected chi connectivity index (χ1v) is 4.71. The zero-order valence-corrected chi connectivity index (χ0v) is 8.99. The summed E-state index contributed by atoms with van der Waals surface area (Å²) in [6.07, 6.45) is 0. The van der Waals surface area contributed by atoms with Gasteiger partial charge in [-0.25, -0.2) is 5.48 Å². The molecule has 1 rings (SSSR count). The molecule has 90 valence electrons. The van der Waals surface area contributed by atoms with Crippen LogP contribution in [0.1, 0.15) is 13.8 Å². The molecule has 1 aromatic heterocycles. The van der Waals surface area contributed by atoms with Gasteiger partial charge in [0, 0.05) is 13.1 Å². The molecule has 0 amide bonds. The van der Waals surface area contributed by atoms with Crippen molar-refractivity contribution in [2.75, 3.05) is 28.7 Å². The summed E-state index contributed by atoms with van der Waals surface area (Å²) >= 11 is 0. The molecule has 0 bridgehead atoms. The van der Waals surface area contributed by atoms with Gasteiger partial charge in [0.15, 0.2) is 0 Å². The van der Waals surface area contributed by atoms with E-state index in [0.29, 0.717) is 13.1 Å². The Balaban J connectivity index is 3.12. The molecule has 0 saturated heterocycles. The lowest BCUT2D eigenvalue weighted by molar-refractivity contribution is 0.0241. The van der Waals surface area contributed by atoms with Gasteiger partial charge in [-0.2, -0.15) is 15.0 Å². The fourth-order valence-electron chi connectivity index (χ4n) is 1.14. The number of hydrogen-bond acceptors (Lipinski definition) is 9. The number of hydrogen-bond donors (Lipinski definition) is 4. The van der Waals surface area contributed by atoms with E-state index in [1.54, 1.807) is 10.4 Å². The van der Waals surface area contributed by atoms with E-state index in [-0.39, 0.29) is 23.1 Å². The first kappa shape index (κ1) is 12.4. The first-order chi connectivity index (χ1) is 7.62. The van der Waals surface area contributed by atoms with Crippen LogP contribution in [-0.4, -0.2) is 43.7 Å². The summed E-state index contributed by atoms with van der Waals surface area (Å²) in [4.78, 5) is 12.9. The molecular weight excluding hydrogens is 216 g/mol. The number of rotatable bonds is 5. The van der Waals surface area contributed by atoms with E-state index in [9.17, 15) is 0 Å². The molecule has 0 spiro atoms. The maximum absolute atomic E-state index is 8.80. The van der Waals surface area contributed by atoms with Crippen LogP contribution in [0.3, 0.4) is 0 Å². The number of anilines is 3. The Morgan fingerprint density at radius 1 is 1.06 bits per heavy atom. The van der Waals surface area contributed by atoms with Gasteiger partial charge in [-0.05, 0) is 13.8 Å². The quantitative estimate of drug-likeness (QED) is 0.522. The molecule has 4 N–H and O–H groups in total. The molecule has 9 nitrogen and oxygen atoms in total. The first-order valence-electron chi connectivity index (χ1n) is 4.71. The predicted molar refractivity (Wildman–Crippen MR) is 54.8 cm³/mol. The van der Waals surface area contributed by atoms with Gasteiger partial charge in [-0.15, -0.1) is 0 Å². The number of aromatic nitrogens is 3. The SMILES string of the molecule is CCN(CC)c1nc(NO)nc(N(O)O)n1. The molecule has 0 radical (unpaired) electrons. The predicted octanol–water partition coefficient (Wildman–Crippen LogP) is 0.104. The maximum Gasteiger partial charge on any atom is 0.284 e. The monoisotopic (exact) mass is 230 g/mol. The lowest BCUT2D eigenvalue weighted by Gasteiger charge is -2.19. The third kappa shape index (κ3) is 2.66. The van der Waals surface area contributed by atoms with Gasteiger partial charge in [0.1, 0.15) is 0 Å². The Bertz CT molecular complexity index is 343. The van der Waals surface area contributed by atoms with Crippen LogP contribution in [-0.2, 0) is 0 Å². The van der Waals surface area contributed by atoms with Crippen molar-refractivity contribution in [1.82, 2.24) is 15.0 Å². The van der Waals surface area contributed by atoms with Crippen LogP contribution >= 0.6 is 0 Å². The molecule has 0 saturated carbocycles. The fraction of sp³-hybridized carbons (Fsp3) is 0.571. The molecular formula is C7H14N6O3. The van der Waals surface area contributed by atoms with E-state index >= 15 is 0 Å². The third-order valence-electron chi connectivity index (χ3n) is 1.94. The highest BCUT2D eigenvalue weighted by molar-refractivity contribution is 5.41. The van der Waals surface area contributed by atoms with Gasteiger partial charge in [0.25, 0.3) is 11.9 Å². The summed E-state index contributed by atoms with van der Waals surface area (Å²) in [5.41, 5.74) is 1.73. The van der Waals surface area contributed by atoms with Gasteiger partial charge in [-0.3, -0.25) is 15.6 Å². The molecule has 0 aliphatic rings. The molecule has 0 fully saturated rings. The highest BCUT2D eigenvalue weighted by Gasteiger charge is 2.13. The van der Waals surface area contributed by atoms with Gasteiger partial charge < -0.3 is 4.90 Å². The van der Waals surface area contributed by atoms with E-state index in [4.69, 9.17) is 15.6 Å². The van der Waals surface area contributed by atoms with Crippen molar-refractivity contribution in [2.45, 2.75) is 13.8 Å². The van der Waals surface area contributed by atoms with E-state index in [2.05, 4.69) is 15.0 Å². The normalized spacial score (nSPS) is 10.1. The van der Waals surface area contributed by atoms with Crippen LogP contribution in [0, 0.1) is 0 Å². The molecule has 0 aliphatic carbocycles. The summed E-state index contributed by atoms with van der Waals surface area (Å²) in [7, 11) is 0. The molecule has 1 aromatic rings. The van der Waals surface area contributed by atoms with Crippen LogP contribution in [0.5, 0.6) is 0 Å². The van der Waals surface area contributed by atoms with Crippen molar-refractivity contribution in [1.29, 1.82) is 0 Å². The Morgan fingerprint density at radius 3 is 2.06 bits per heavy atom. The molecule has 1 heterocycles. The van der Waals surface area contributed by atoms with Crippen LogP contribution in [0.4, 0.5) is 17.8 Å². The molecule has 0 aliphatic heterocycles. The molecule has 9 heteroatoms. The summed E-state index contributed by atoms with van der Waals surface area (Å²) in [6.45, 7) is 5.08. The van der Waals surface area contributed by atoms with E-state index < -0.39 is 0 Å². The minimum Gasteiger partial charge on any atom is -0.341 e. The number of nitrogens with one attached hydrogen (secondary N) is 1. The average molecular weight is 230 g/mol. The largest absolute Gasteiger partial charge is 0.341 e. The maximum atomic E-state index is 8.80. The lowest BCUT2D eigenvalue weighted by atomic mass is 10.5. The van der Waals surface area contributed by atoms with Crippen LogP contribution in [0.25, 0.3) is 0 Å². The number of nitrogens with zero attached hydrogens (tertiary/aromatic N) is 5. The Morgan fingerprint density at radius 2 is 1.62 bits per heavy atom. The van der Waals surface area contributed by atoms with Crippen LogP contribution in [0.15, 0.2) is 0 Å². The molecule has 0 atom stereocenters. The zero-order valence-electron chi connectivity index (χ0n) is 8.99. The van der Waals surface area contributed by atoms with Crippen molar-refractivity contribution in [2.24, 2.45) is 0 Å². The summed E-state index contributed by atoms with van der Waals surface area (Å²) < 4.78 is 0. The van der Waals surface area contributed by atoms with Crippen LogP contribution in [0.2, 0.25) is 0 Å². The third-order valence-corrected chi connectivity index (χ3v) is 1.94. The topological polar surface area (TPSA) is 118 Å². The van der Waals surface area contributed by atoms with Gasteiger partial charge in [-0.1, -0.05) is 5.23 Å². The van der Waals surface area contributed by atoms with E-state index in [1.807, 2.05) is 13.8 Å². The Hall–Kier alpha value is -1.71. The Labute approximate surface area is 91.9 Å². The van der Waals surface area contributed by atoms with Gasteiger partial charge in [0.05, 0.1) is 0 Å². The fourth-order valence-corrected chi connectivity index (χ4v) is 1.14. The summed E-state index contributed by atoms with van der Waals surface area (Å²) in [5.74, 6) is -0.312. The van der Waals surface area contributed by atoms with E-state index in [0.717, 1.165) is 0 Å². The van der Waals surface area contributed by atoms with Gasteiger partial charge >= 0.3 is 0 Å². The van der Waals surface area contributed by atoms with Crippen molar-refractivity contribution in [3.8, 4) is 0 Å².